The number of hydrogen-bond donors (Lipinski definition) is 2. The number of anilines is 1. The Morgan fingerprint density at radius 2 is 1.95 bits per heavy atom. The van der Waals surface area contributed by atoms with Gasteiger partial charge in [-0.2, -0.15) is 0 Å². The monoisotopic (exact) mass is 335 g/mol. The fourth-order valence-corrected chi connectivity index (χ4v) is 4.26. The third-order valence-corrected chi connectivity index (χ3v) is 5.15. The molecule has 0 aliphatic rings. The molecular weight excluding hydrogens is 314 g/mol. The molecule has 0 bridgehead atoms. The van der Waals surface area contributed by atoms with Gasteiger partial charge in [0, 0.05) is 25.0 Å². The molecule has 2 N–H and O–H groups in total. The summed E-state index contributed by atoms with van der Waals surface area (Å²) in [6.45, 7) is 4.08. The van der Waals surface area contributed by atoms with Gasteiger partial charge in [-0.15, -0.1) is 0 Å². The number of sulfone groups is 1. The molecule has 0 amide bonds. The highest BCUT2D eigenvalue weighted by Gasteiger charge is 2.23. The van der Waals surface area contributed by atoms with Crippen LogP contribution in [0.4, 0.5) is 5.69 Å². The number of aromatic nitrogens is 1. The number of hydrogen-bond acceptors (Lipinski definition) is 6. The average molecular weight is 335 g/mol. The maximum absolute atomic E-state index is 12.3. The molecule has 0 aromatic carbocycles. The molecule has 0 aliphatic carbocycles. The molecule has 1 heterocycles. The molecule has 0 spiro atoms. The minimum atomic E-state index is -3.88. The van der Waals surface area contributed by atoms with Crippen LogP contribution in [0.15, 0.2) is 23.4 Å². The number of pyridine rings is 1. The molecule has 0 saturated heterocycles. The van der Waals surface area contributed by atoms with Crippen molar-refractivity contribution in [3.63, 3.8) is 0 Å². The SMILES string of the molecule is CCCNc1cccnc1S(=O)(=O)NC(C)CS(C)(=O)=O. The zero-order chi connectivity index (χ0) is 16.1. The van der Waals surface area contributed by atoms with Crippen LogP contribution in [0.25, 0.3) is 0 Å². The van der Waals surface area contributed by atoms with Crippen molar-refractivity contribution in [2.24, 2.45) is 0 Å². The minimum Gasteiger partial charge on any atom is -0.383 e. The molecule has 1 aromatic heterocycles. The van der Waals surface area contributed by atoms with E-state index in [4.69, 9.17) is 0 Å². The lowest BCUT2D eigenvalue weighted by molar-refractivity contribution is 0.561. The van der Waals surface area contributed by atoms with Crippen molar-refractivity contribution < 1.29 is 16.8 Å². The zero-order valence-corrected chi connectivity index (χ0v) is 14.0. The molecule has 120 valence electrons. The van der Waals surface area contributed by atoms with E-state index in [0.717, 1.165) is 12.7 Å². The van der Waals surface area contributed by atoms with Gasteiger partial charge in [-0.1, -0.05) is 6.92 Å². The first-order chi connectivity index (χ1) is 9.65. The van der Waals surface area contributed by atoms with Gasteiger partial charge in [0.15, 0.2) is 5.03 Å². The van der Waals surface area contributed by atoms with Gasteiger partial charge in [0.25, 0.3) is 10.0 Å². The first kappa shape index (κ1) is 17.9. The van der Waals surface area contributed by atoms with Crippen molar-refractivity contribution in [1.82, 2.24) is 9.71 Å². The molecule has 21 heavy (non-hydrogen) atoms. The third-order valence-electron chi connectivity index (χ3n) is 2.50. The Bertz CT molecular complexity index is 671. The Morgan fingerprint density at radius 1 is 1.29 bits per heavy atom. The lowest BCUT2D eigenvalue weighted by Crippen LogP contribution is -2.38. The van der Waals surface area contributed by atoms with Crippen LogP contribution in [-0.2, 0) is 19.9 Å². The highest BCUT2D eigenvalue weighted by Crippen LogP contribution is 2.18. The summed E-state index contributed by atoms with van der Waals surface area (Å²) in [4.78, 5) is 3.89. The largest absolute Gasteiger partial charge is 0.383 e. The lowest BCUT2D eigenvalue weighted by atomic mass is 10.4. The van der Waals surface area contributed by atoms with E-state index in [1.807, 2.05) is 6.92 Å². The quantitative estimate of drug-likeness (QED) is 0.721. The molecule has 0 fully saturated rings. The van der Waals surface area contributed by atoms with E-state index in [2.05, 4.69) is 15.0 Å². The maximum Gasteiger partial charge on any atom is 0.260 e. The van der Waals surface area contributed by atoms with Crippen molar-refractivity contribution in [1.29, 1.82) is 0 Å². The normalized spacial score (nSPS) is 13.9. The molecular formula is C12H21N3O4S2. The van der Waals surface area contributed by atoms with Gasteiger partial charge in [-0.3, -0.25) is 0 Å². The highest BCUT2D eigenvalue weighted by molar-refractivity contribution is 7.91. The molecule has 1 unspecified atom stereocenters. The summed E-state index contributed by atoms with van der Waals surface area (Å²) in [6.07, 6.45) is 3.28. The Labute approximate surface area is 126 Å². The second-order valence-electron chi connectivity index (χ2n) is 4.90. The number of sulfonamides is 1. The zero-order valence-electron chi connectivity index (χ0n) is 12.3. The van der Waals surface area contributed by atoms with Crippen molar-refractivity contribution in [3.05, 3.63) is 18.3 Å². The van der Waals surface area contributed by atoms with E-state index < -0.39 is 25.9 Å². The van der Waals surface area contributed by atoms with Crippen LogP contribution in [0, 0.1) is 0 Å². The van der Waals surface area contributed by atoms with Crippen LogP contribution in [0.5, 0.6) is 0 Å². The summed E-state index contributed by atoms with van der Waals surface area (Å²) in [5.74, 6) is -0.267. The second-order valence-corrected chi connectivity index (χ2v) is 8.71. The van der Waals surface area contributed by atoms with Crippen LogP contribution in [0.2, 0.25) is 0 Å². The molecule has 7 nitrogen and oxygen atoms in total. The smallest absolute Gasteiger partial charge is 0.260 e. The standard InChI is InChI=1S/C12H21N3O4S2/c1-4-7-13-11-6-5-8-14-12(11)21(18,19)15-10(2)9-20(3,16)17/h5-6,8,10,13,15H,4,7,9H2,1-3H3. The van der Waals surface area contributed by atoms with Gasteiger partial charge in [0.05, 0.1) is 11.4 Å². The van der Waals surface area contributed by atoms with Crippen LogP contribution in [0.1, 0.15) is 20.3 Å². The summed E-state index contributed by atoms with van der Waals surface area (Å²) in [5, 5.41) is 2.86. The molecule has 1 aromatic rings. The topological polar surface area (TPSA) is 105 Å². The van der Waals surface area contributed by atoms with E-state index in [0.29, 0.717) is 12.2 Å². The van der Waals surface area contributed by atoms with Gasteiger partial charge >= 0.3 is 0 Å². The van der Waals surface area contributed by atoms with E-state index >= 15 is 0 Å². The predicted molar refractivity (Wildman–Crippen MR) is 82.5 cm³/mol. The van der Waals surface area contributed by atoms with E-state index in [1.54, 1.807) is 12.1 Å². The Morgan fingerprint density at radius 3 is 2.52 bits per heavy atom. The van der Waals surface area contributed by atoms with E-state index in [-0.39, 0.29) is 10.8 Å². The van der Waals surface area contributed by atoms with E-state index in [9.17, 15) is 16.8 Å². The highest BCUT2D eigenvalue weighted by atomic mass is 32.2. The second kappa shape index (κ2) is 7.19. The number of nitrogens with one attached hydrogen (secondary N) is 2. The van der Waals surface area contributed by atoms with Crippen LogP contribution in [-0.4, -0.2) is 46.4 Å². The lowest BCUT2D eigenvalue weighted by Gasteiger charge is -2.15. The first-order valence-corrected chi connectivity index (χ1v) is 10.1. The Balaban J connectivity index is 2.97. The number of rotatable bonds is 8. The average Bonchev–Trinajstić information content (AvgIpc) is 2.33. The van der Waals surface area contributed by atoms with Gasteiger partial charge in [0.2, 0.25) is 0 Å². The van der Waals surface area contributed by atoms with Crippen LogP contribution < -0.4 is 10.0 Å². The molecule has 1 rings (SSSR count). The molecule has 0 aliphatic heterocycles. The predicted octanol–water partition coefficient (Wildman–Crippen LogP) is 0.615. The first-order valence-electron chi connectivity index (χ1n) is 6.54. The van der Waals surface area contributed by atoms with Crippen molar-refractivity contribution in [3.8, 4) is 0 Å². The summed E-state index contributed by atoms with van der Waals surface area (Å²) in [6, 6.07) is 2.53. The fourth-order valence-electron chi connectivity index (χ4n) is 1.81. The van der Waals surface area contributed by atoms with Gasteiger partial charge in [-0.05, 0) is 25.5 Å². The van der Waals surface area contributed by atoms with Crippen molar-refractivity contribution >= 4 is 25.5 Å². The molecule has 1 atom stereocenters. The molecule has 9 heteroatoms. The molecule has 0 radical (unpaired) electrons. The summed E-state index contributed by atoms with van der Waals surface area (Å²) in [7, 11) is -7.15. The summed E-state index contributed by atoms with van der Waals surface area (Å²) >= 11 is 0. The third kappa shape index (κ3) is 5.98. The minimum absolute atomic E-state index is 0.126. The summed E-state index contributed by atoms with van der Waals surface area (Å²) < 4.78 is 49.4. The van der Waals surface area contributed by atoms with Crippen molar-refractivity contribution in [2.45, 2.75) is 31.3 Å². The Kier molecular flexibility index (Phi) is 6.11. The maximum atomic E-state index is 12.3. The summed E-state index contributed by atoms with van der Waals surface area (Å²) in [5.41, 5.74) is 0.401. The van der Waals surface area contributed by atoms with Crippen LogP contribution in [0.3, 0.4) is 0 Å². The Hall–Kier alpha value is -1.19. The van der Waals surface area contributed by atoms with Gasteiger partial charge in [-0.25, -0.2) is 26.5 Å². The fraction of sp³-hybridized carbons (Fsp3) is 0.583. The van der Waals surface area contributed by atoms with Gasteiger partial charge < -0.3 is 5.32 Å². The van der Waals surface area contributed by atoms with Crippen molar-refractivity contribution in [2.75, 3.05) is 23.9 Å². The number of nitrogens with zero attached hydrogens (tertiary/aromatic N) is 1. The van der Waals surface area contributed by atoms with E-state index in [1.165, 1.54) is 13.1 Å². The van der Waals surface area contributed by atoms with Gasteiger partial charge in [0.1, 0.15) is 9.84 Å². The molecule has 0 saturated carbocycles. The van der Waals surface area contributed by atoms with Crippen LogP contribution >= 0.6 is 0 Å².